The van der Waals surface area contributed by atoms with E-state index in [0.717, 1.165) is 29.2 Å². The van der Waals surface area contributed by atoms with Crippen LogP contribution in [0.4, 0.5) is 5.69 Å². The molecule has 1 amide bonds. The maximum Gasteiger partial charge on any atom is 0.225 e. The van der Waals surface area contributed by atoms with Crippen LogP contribution in [0.15, 0.2) is 48.5 Å². The maximum absolute atomic E-state index is 11.9. The Bertz CT molecular complexity index is 628. The van der Waals surface area contributed by atoms with Crippen molar-refractivity contribution in [1.29, 1.82) is 0 Å². The molecule has 0 bridgehead atoms. The van der Waals surface area contributed by atoms with E-state index in [1.165, 1.54) is 5.56 Å². The molecular formula is C18H21ClN2O. The number of benzene rings is 2. The first kappa shape index (κ1) is 16.5. The molecule has 2 aromatic rings. The van der Waals surface area contributed by atoms with Crippen LogP contribution in [-0.4, -0.2) is 19.0 Å². The number of carbonyl (C=O) groups is 1. The first-order chi connectivity index (χ1) is 10.6. The topological polar surface area (TPSA) is 41.1 Å². The summed E-state index contributed by atoms with van der Waals surface area (Å²) in [5.41, 5.74) is 3.15. The molecule has 0 fully saturated rings. The Morgan fingerprint density at radius 3 is 2.68 bits per heavy atom. The molecule has 0 aliphatic rings. The lowest BCUT2D eigenvalue weighted by Crippen LogP contribution is -2.23. The molecule has 0 saturated heterocycles. The fourth-order valence-corrected chi connectivity index (χ4v) is 2.39. The summed E-state index contributed by atoms with van der Waals surface area (Å²) in [5, 5.41) is 6.97. The molecule has 0 saturated carbocycles. The van der Waals surface area contributed by atoms with Crippen molar-refractivity contribution >= 4 is 23.2 Å². The molecule has 3 nitrogen and oxygen atoms in total. The van der Waals surface area contributed by atoms with E-state index < -0.39 is 0 Å². The summed E-state index contributed by atoms with van der Waals surface area (Å²) in [4.78, 5) is 11.9. The number of hydrogen-bond donors (Lipinski definition) is 2. The Labute approximate surface area is 136 Å². The third-order valence-electron chi connectivity index (χ3n) is 3.43. The van der Waals surface area contributed by atoms with Gasteiger partial charge in [-0.25, -0.2) is 0 Å². The zero-order chi connectivity index (χ0) is 15.8. The van der Waals surface area contributed by atoms with Crippen molar-refractivity contribution in [3.05, 3.63) is 64.7 Å². The van der Waals surface area contributed by atoms with E-state index in [9.17, 15) is 4.79 Å². The summed E-state index contributed by atoms with van der Waals surface area (Å²) in [6, 6.07) is 15.6. The average molecular weight is 317 g/mol. The van der Waals surface area contributed by atoms with Gasteiger partial charge in [0.05, 0.1) is 0 Å². The molecule has 0 aliphatic carbocycles. The van der Waals surface area contributed by atoms with Crippen LogP contribution in [0.3, 0.4) is 0 Å². The second-order valence-electron chi connectivity index (χ2n) is 5.24. The third-order valence-corrected chi connectivity index (χ3v) is 3.66. The van der Waals surface area contributed by atoms with Crippen molar-refractivity contribution < 1.29 is 4.79 Å². The number of carbonyl (C=O) groups excluding carboxylic acids is 1. The van der Waals surface area contributed by atoms with Crippen molar-refractivity contribution in [1.82, 2.24) is 5.32 Å². The van der Waals surface area contributed by atoms with Crippen LogP contribution in [0.5, 0.6) is 0 Å². The lowest BCUT2D eigenvalue weighted by atomic mass is 10.1. The van der Waals surface area contributed by atoms with Crippen LogP contribution < -0.4 is 10.6 Å². The maximum atomic E-state index is 11.9. The summed E-state index contributed by atoms with van der Waals surface area (Å²) < 4.78 is 0. The molecular weight excluding hydrogens is 296 g/mol. The van der Waals surface area contributed by atoms with Crippen molar-refractivity contribution in [2.75, 3.05) is 18.4 Å². The summed E-state index contributed by atoms with van der Waals surface area (Å²) in [7, 11) is 0. The highest BCUT2D eigenvalue weighted by atomic mass is 35.5. The van der Waals surface area contributed by atoms with Crippen molar-refractivity contribution in [2.24, 2.45) is 0 Å². The molecule has 4 heteroatoms. The molecule has 22 heavy (non-hydrogen) atoms. The molecule has 0 heterocycles. The normalized spacial score (nSPS) is 10.5. The predicted octanol–water partition coefficient (Wildman–Crippen LogP) is 3.81. The molecule has 0 radical (unpaired) electrons. The lowest BCUT2D eigenvalue weighted by Gasteiger charge is -2.09. The third kappa shape index (κ3) is 5.51. The van der Waals surface area contributed by atoms with Crippen LogP contribution in [0, 0.1) is 6.92 Å². The highest BCUT2D eigenvalue weighted by Gasteiger charge is 2.03. The summed E-state index contributed by atoms with van der Waals surface area (Å²) in [5.74, 6) is 0.0320. The standard InChI is InChI=1S/C18H21ClN2O/c1-14-5-2-3-8-17(14)21-18(22)10-12-20-11-9-15-6-4-7-16(19)13-15/h2-8,13,20H,9-12H2,1H3,(H,21,22). The Morgan fingerprint density at radius 1 is 1.09 bits per heavy atom. The van der Waals surface area contributed by atoms with Crippen molar-refractivity contribution in [2.45, 2.75) is 19.8 Å². The molecule has 0 aliphatic heterocycles. The largest absolute Gasteiger partial charge is 0.326 e. The SMILES string of the molecule is Cc1ccccc1NC(=O)CCNCCc1cccc(Cl)c1. The monoisotopic (exact) mass is 316 g/mol. The van der Waals surface area contributed by atoms with Crippen LogP contribution in [0.1, 0.15) is 17.5 Å². The Balaban J connectivity index is 1.64. The van der Waals surface area contributed by atoms with Gasteiger partial charge in [0.2, 0.25) is 5.91 Å². The van der Waals surface area contributed by atoms with Crippen LogP contribution >= 0.6 is 11.6 Å². The van der Waals surface area contributed by atoms with Gasteiger partial charge in [-0.15, -0.1) is 0 Å². The highest BCUT2D eigenvalue weighted by Crippen LogP contribution is 2.13. The van der Waals surface area contributed by atoms with E-state index in [-0.39, 0.29) is 5.91 Å². The fourth-order valence-electron chi connectivity index (χ4n) is 2.18. The quantitative estimate of drug-likeness (QED) is 0.763. The number of rotatable bonds is 7. The van der Waals surface area contributed by atoms with Gasteiger partial charge in [0.1, 0.15) is 0 Å². The molecule has 2 N–H and O–H groups in total. The first-order valence-corrected chi connectivity index (χ1v) is 7.83. The van der Waals surface area contributed by atoms with Crippen molar-refractivity contribution in [3.8, 4) is 0 Å². The van der Waals surface area contributed by atoms with Gasteiger partial charge in [-0.3, -0.25) is 4.79 Å². The van der Waals surface area contributed by atoms with Gasteiger partial charge in [-0.05, 0) is 49.2 Å². The van der Waals surface area contributed by atoms with Gasteiger partial charge in [0.25, 0.3) is 0 Å². The number of halogens is 1. The zero-order valence-electron chi connectivity index (χ0n) is 12.7. The minimum absolute atomic E-state index is 0.0320. The van der Waals surface area contributed by atoms with Gasteiger partial charge in [-0.2, -0.15) is 0 Å². The number of aryl methyl sites for hydroxylation is 1. The number of hydrogen-bond acceptors (Lipinski definition) is 2. The molecule has 116 valence electrons. The van der Waals surface area contributed by atoms with Gasteiger partial charge in [-0.1, -0.05) is 41.9 Å². The predicted molar refractivity (Wildman–Crippen MR) is 92.5 cm³/mol. The number of anilines is 1. The van der Waals surface area contributed by atoms with E-state index >= 15 is 0 Å². The van der Waals surface area contributed by atoms with E-state index in [2.05, 4.69) is 16.7 Å². The van der Waals surface area contributed by atoms with E-state index in [1.807, 2.05) is 49.4 Å². The minimum Gasteiger partial charge on any atom is -0.326 e. The van der Waals surface area contributed by atoms with Crippen LogP contribution in [0.25, 0.3) is 0 Å². The van der Waals surface area contributed by atoms with E-state index in [0.29, 0.717) is 13.0 Å². The molecule has 0 spiro atoms. The summed E-state index contributed by atoms with van der Waals surface area (Å²) in [6.45, 7) is 3.48. The Morgan fingerprint density at radius 2 is 1.91 bits per heavy atom. The molecule has 0 atom stereocenters. The van der Waals surface area contributed by atoms with E-state index in [4.69, 9.17) is 11.6 Å². The molecule has 0 unspecified atom stereocenters. The summed E-state index contributed by atoms with van der Waals surface area (Å²) in [6.07, 6.45) is 1.36. The molecule has 0 aromatic heterocycles. The minimum atomic E-state index is 0.0320. The Kier molecular flexibility index (Phi) is 6.44. The van der Waals surface area contributed by atoms with E-state index in [1.54, 1.807) is 0 Å². The fraction of sp³-hybridized carbons (Fsp3) is 0.278. The van der Waals surface area contributed by atoms with Gasteiger partial charge in [0.15, 0.2) is 0 Å². The Hall–Kier alpha value is -1.84. The molecule has 2 rings (SSSR count). The lowest BCUT2D eigenvalue weighted by molar-refractivity contribution is -0.116. The second-order valence-corrected chi connectivity index (χ2v) is 5.68. The number of para-hydroxylation sites is 1. The van der Waals surface area contributed by atoms with Gasteiger partial charge in [0, 0.05) is 23.7 Å². The molecule has 2 aromatic carbocycles. The highest BCUT2D eigenvalue weighted by molar-refractivity contribution is 6.30. The van der Waals surface area contributed by atoms with Gasteiger partial charge < -0.3 is 10.6 Å². The smallest absolute Gasteiger partial charge is 0.225 e. The van der Waals surface area contributed by atoms with Crippen LogP contribution in [-0.2, 0) is 11.2 Å². The summed E-state index contributed by atoms with van der Waals surface area (Å²) >= 11 is 5.94. The first-order valence-electron chi connectivity index (χ1n) is 7.46. The number of nitrogens with one attached hydrogen (secondary N) is 2. The van der Waals surface area contributed by atoms with Gasteiger partial charge >= 0.3 is 0 Å². The average Bonchev–Trinajstić information content (AvgIpc) is 2.49. The second kappa shape index (κ2) is 8.57. The zero-order valence-corrected chi connectivity index (χ0v) is 13.5. The van der Waals surface area contributed by atoms with Crippen molar-refractivity contribution in [3.63, 3.8) is 0 Å². The van der Waals surface area contributed by atoms with Crippen LogP contribution in [0.2, 0.25) is 5.02 Å². The number of amides is 1.